The molecule has 0 bridgehead atoms. The van der Waals surface area contributed by atoms with E-state index in [0.717, 1.165) is 12.1 Å². The van der Waals surface area contributed by atoms with Crippen LogP contribution in [0.5, 0.6) is 0 Å². The van der Waals surface area contributed by atoms with Crippen molar-refractivity contribution in [3.63, 3.8) is 0 Å². The summed E-state index contributed by atoms with van der Waals surface area (Å²) in [5, 5.41) is 17.7. The van der Waals surface area contributed by atoms with Gasteiger partial charge >= 0.3 is 7.12 Å². The minimum Gasteiger partial charge on any atom is -0.423 e. The van der Waals surface area contributed by atoms with Gasteiger partial charge in [-0.3, -0.25) is 0 Å². The van der Waals surface area contributed by atoms with Gasteiger partial charge < -0.3 is 10.0 Å². The number of pyridine rings is 1. The Kier molecular flexibility index (Phi) is 3.25. The Balaban J connectivity index is 3.03. The zero-order chi connectivity index (χ0) is 9.14. The zero-order valence-corrected chi connectivity index (χ0v) is 8.24. The summed E-state index contributed by atoms with van der Waals surface area (Å²) >= 11 is 3.16. The zero-order valence-electron chi connectivity index (χ0n) is 6.66. The molecule has 0 unspecified atom stereocenters. The predicted octanol–water partition coefficient (Wildman–Crippen LogP) is 0.0863. The van der Waals surface area contributed by atoms with E-state index in [1.807, 2.05) is 6.92 Å². The number of hydrogen-bond donors (Lipinski definition) is 2. The van der Waals surface area contributed by atoms with Gasteiger partial charge in [0.2, 0.25) is 0 Å². The normalized spacial score (nSPS) is 10.0. The first-order valence-corrected chi connectivity index (χ1v) is 4.46. The summed E-state index contributed by atoms with van der Waals surface area (Å²) < 4.78 is 0.497. The lowest BCUT2D eigenvalue weighted by atomic mass is 9.81. The van der Waals surface area contributed by atoms with Crippen LogP contribution in [0.25, 0.3) is 0 Å². The molecule has 0 saturated carbocycles. The summed E-state index contributed by atoms with van der Waals surface area (Å²) in [5.74, 6) is 0. The van der Waals surface area contributed by atoms with E-state index in [1.165, 1.54) is 0 Å². The number of aromatic nitrogens is 1. The Hall–Kier alpha value is -0.385. The van der Waals surface area contributed by atoms with Crippen LogP contribution >= 0.6 is 15.9 Å². The summed E-state index contributed by atoms with van der Waals surface area (Å²) in [5.41, 5.74) is 1.32. The van der Waals surface area contributed by atoms with Gasteiger partial charge in [-0.25, -0.2) is 4.98 Å². The fourth-order valence-corrected chi connectivity index (χ4v) is 1.44. The van der Waals surface area contributed by atoms with Crippen molar-refractivity contribution in [3.05, 3.63) is 22.4 Å². The molecule has 0 aliphatic rings. The van der Waals surface area contributed by atoms with Gasteiger partial charge in [-0.2, -0.15) is 0 Å². The van der Waals surface area contributed by atoms with Gasteiger partial charge in [0, 0.05) is 11.2 Å². The lowest BCUT2D eigenvalue weighted by molar-refractivity contribution is 0.425. The number of nitrogens with zero attached hydrogens (tertiary/aromatic N) is 1. The number of rotatable bonds is 2. The summed E-state index contributed by atoms with van der Waals surface area (Å²) in [6, 6.07) is 3.43. The van der Waals surface area contributed by atoms with Gasteiger partial charge in [0.1, 0.15) is 4.60 Å². The Morgan fingerprint density at radius 1 is 1.50 bits per heavy atom. The molecular formula is C7H9BBrNO2. The summed E-state index contributed by atoms with van der Waals surface area (Å²) in [4.78, 5) is 4.11. The Morgan fingerprint density at radius 2 is 2.17 bits per heavy atom. The van der Waals surface area contributed by atoms with E-state index in [-0.39, 0.29) is 0 Å². The first-order valence-electron chi connectivity index (χ1n) is 3.66. The quantitative estimate of drug-likeness (QED) is 0.558. The number of halogens is 1. The van der Waals surface area contributed by atoms with E-state index in [1.54, 1.807) is 12.1 Å². The third kappa shape index (κ3) is 2.06. The topological polar surface area (TPSA) is 53.4 Å². The molecule has 3 nitrogen and oxygen atoms in total. The van der Waals surface area contributed by atoms with Crippen molar-refractivity contribution in [2.24, 2.45) is 0 Å². The molecule has 0 spiro atoms. The SMILES string of the molecule is CCc1ccc(B(O)O)c(Br)n1. The first kappa shape index (κ1) is 9.70. The standard InChI is InChI=1S/C7H9BBrNO2/c1-2-5-3-4-6(8(11)12)7(9)10-5/h3-4,11-12H,2H2,1H3. The van der Waals surface area contributed by atoms with Crippen LogP contribution in [0.4, 0.5) is 0 Å². The van der Waals surface area contributed by atoms with Crippen LogP contribution < -0.4 is 5.46 Å². The second-order valence-corrected chi connectivity index (χ2v) is 3.16. The fourth-order valence-electron chi connectivity index (χ4n) is 0.872. The average molecular weight is 230 g/mol. The van der Waals surface area contributed by atoms with Gasteiger partial charge in [0.15, 0.2) is 0 Å². The molecular weight excluding hydrogens is 221 g/mol. The molecule has 0 aromatic carbocycles. The fraction of sp³-hybridized carbons (Fsp3) is 0.286. The highest BCUT2D eigenvalue weighted by Crippen LogP contribution is 2.05. The number of hydrogen-bond acceptors (Lipinski definition) is 3. The second-order valence-electron chi connectivity index (χ2n) is 2.41. The van der Waals surface area contributed by atoms with Crippen LogP contribution in [-0.4, -0.2) is 22.2 Å². The van der Waals surface area contributed by atoms with Gasteiger partial charge in [-0.15, -0.1) is 0 Å². The summed E-state index contributed by atoms with van der Waals surface area (Å²) in [6.07, 6.45) is 0.834. The van der Waals surface area contributed by atoms with Crippen molar-refractivity contribution in [1.29, 1.82) is 0 Å². The maximum Gasteiger partial charge on any atom is 0.491 e. The van der Waals surface area contributed by atoms with Crippen molar-refractivity contribution in [1.82, 2.24) is 4.98 Å². The highest BCUT2D eigenvalue weighted by Gasteiger charge is 2.15. The van der Waals surface area contributed by atoms with E-state index in [4.69, 9.17) is 10.0 Å². The van der Waals surface area contributed by atoms with Crippen LogP contribution in [0.3, 0.4) is 0 Å². The van der Waals surface area contributed by atoms with Crippen molar-refractivity contribution < 1.29 is 10.0 Å². The third-order valence-corrected chi connectivity index (χ3v) is 2.21. The Bertz CT molecular complexity index is 280. The van der Waals surface area contributed by atoms with Gasteiger partial charge in [-0.05, 0) is 28.4 Å². The predicted molar refractivity (Wildman–Crippen MR) is 51.1 cm³/mol. The highest BCUT2D eigenvalue weighted by atomic mass is 79.9. The van der Waals surface area contributed by atoms with Crippen LogP contribution in [0.15, 0.2) is 16.7 Å². The molecule has 1 aromatic rings. The summed E-state index contributed by atoms with van der Waals surface area (Å²) in [7, 11) is -1.46. The van der Waals surface area contributed by atoms with Crippen molar-refractivity contribution in [2.45, 2.75) is 13.3 Å². The molecule has 0 atom stereocenters. The lowest BCUT2D eigenvalue weighted by Gasteiger charge is -2.03. The van der Waals surface area contributed by atoms with Crippen molar-refractivity contribution >= 4 is 28.5 Å². The molecule has 12 heavy (non-hydrogen) atoms. The lowest BCUT2D eigenvalue weighted by Crippen LogP contribution is -2.31. The average Bonchev–Trinajstić information content (AvgIpc) is 2.03. The Labute approximate surface area is 79.7 Å². The van der Waals surface area contributed by atoms with Crippen LogP contribution in [0.1, 0.15) is 12.6 Å². The van der Waals surface area contributed by atoms with Gasteiger partial charge in [-0.1, -0.05) is 13.0 Å². The molecule has 0 radical (unpaired) electrons. The van der Waals surface area contributed by atoms with Crippen molar-refractivity contribution in [3.8, 4) is 0 Å². The number of aryl methyl sites for hydroxylation is 1. The third-order valence-electron chi connectivity index (χ3n) is 1.58. The Morgan fingerprint density at radius 3 is 2.58 bits per heavy atom. The van der Waals surface area contributed by atoms with Crippen LogP contribution in [-0.2, 0) is 6.42 Å². The molecule has 0 saturated heterocycles. The van der Waals surface area contributed by atoms with E-state index in [9.17, 15) is 0 Å². The molecule has 5 heteroatoms. The minimum absolute atomic E-state index is 0.396. The molecule has 1 heterocycles. The molecule has 0 aliphatic carbocycles. The minimum atomic E-state index is -1.46. The van der Waals surface area contributed by atoms with Crippen molar-refractivity contribution in [2.75, 3.05) is 0 Å². The van der Waals surface area contributed by atoms with Crippen LogP contribution in [0.2, 0.25) is 0 Å². The monoisotopic (exact) mass is 229 g/mol. The molecule has 64 valence electrons. The largest absolute Gasteiger partial charge is 0.491 e. The van der Waals surface area contributed by atoms with E-state index >= 15 is 0 Å². The summed E-state index contributed by atoms with van der Waals surface area (Å²) in [6.45, 7) is 1.99. The molecule has 1 rings (SSSR count). The van der Waals surface area contributed by atoms with E-state index < -0.39 is 7.12 Å². The molecule has 0 amide bonds. The smallest absolute Gasteiger partial charge is 0.423 e. The molecule has 1 aromatic heterocycles. The van der Waals surface area contributed by atoms with E-state index in [0.29, 0.717) is 10.1 Å². The van der Waals surface area contributed by atoms with Gasteiger partial charge in [0.05, 0.1) is 0 Å². The molecule has 2 N–H and O–H groups in total. The van der Waals surface area contributed by atoms with E-state index in [2.05, 4.69) is 20.9 Å². The maximum absolute atomic E-state index is 8.85. The van der Waals surface area contributed by atoms with Gasteiger partial charge in [0.25, 0.3) is 0 Å². The maximum atomic E-state index is 8.85. The highest BCUT2D eigenvalue weighted by molar-refractivity contribution is 9.10. The molecule has 0 aliphatic heterocycles. The second kappa shape index (κ2) is 4.02. The van der Waals surface area contributed by atoms with Crippen LogP contribution in [0, 0.1) is 0 Å². The first-order chi connectivity index (χ1) is 5.65. The molecule has 0 fully saturated rings.